The monoisotopic (exact) mass is 169 g/mol. The third-order valence-corrected chi connectivity index (χ3v) is 1.64. The molecule has 0 bridgehead atoms. The van der Waals surface area contributed by atoms with E-state index in [2.05, 4.69) is 5.10 Å². The number of aromatic nitrogens is 2. The Labute approximate surface area is 69.8 Å². The fraction of sp³-hybridized carbons (Fsp3) is 0.429. The van der Waals surface area contributed by atoms with Crippen molar-refractivity contribution in [3.8, 4) is 0 Å². The van der Waals surface area contributed by atoms with Crippen LogP contribution >= 0.6 is 0 Å². The zero-order valence-electron chi connectivity index (χ0n) is 6.82. The highest BCUT2D eigenvalue weighted by molar-refractivity contribution is 5.87. The Bertz CT molecular complexity index is 271. The number of hydrogen-bond acceptors (Lipinski definition) is 3. The predicted octanol–water partition coefficient (Wildman–Crippen LogP) is 0.0599. The van der Waals surface area contributed by atoms with Crippen molar-refractivity contribution < 1.29 is 9.90 Å². The van der Waals surface area contributed by atoms with Crippen LogP contribution in [0.25, 0.3) is 0 Å². The van der Waals surface area contributed by atoms with Crippen molar-refractivity contribution in [2.45, 2.75) is 20.0 Å². The Morgan fingerprint density at radius 2 is 2.50 bits per heavy atom. The molecule has 1 rings (SSSR count). The van der Waals surface area contributed by atoms with E-state index >= 15 is 0 Å². The van der Waals surface area contributed by atoms with E-state index in [0.29, 0.717) is 12.1 Å². The van der Waals surface area contributed by atoms with E-state index in [9.17, 15) is 4.79 Å². The molecule has 0 unspecified atom stereocenters. The van der Waals surface area contributed by atoms with Gasteiger partial charge in [-0.3, -0.25) is 4.68 Å². The molecule has 0 aromatic carbocycles. The van der Waals surface area contributed by atoms with Crippen molar-refractivity contribution in [3.63, 3.8) is 0 Å². The maximum absolute atomic E-state index is 10.7. The van der Waals surface area contributed by atoms with Crippen LogP contribution in [0.1, 0.15) is 23.0 Å². The topological polar surface area (TPSA) is 81.1 Å². The predicted molar refractivity (Wildman–Crippen MR) is 42.8 cm³/mol. The van der Waals surface area contributed by atoms with Crippen molar-refractivity contribution >= 4 is 5.97 Å². The second kappa shape index (κ2) is 3.36. The molecular formula is C7H11N3O2. The molecule has 0 saturated carbocycles. The van der Waals surface area contributed by atoms with Gasteiger partial charge in [-0.1, -0.05) is 0 Å². The van der Waals surface area contributed by atoms with Gasteiger partial charge in [0.05, 0.1) is 6.20 Å². The van der Waals surface area contributed by atoms with Crippen LogP contribution in [-0.2, 0) is 13.1 Å². The fourth-order valence-corrected chi connectivity index (χ4v) is 1.06. The molecule has 0 radical (unpaired) electrons. The Balaban J connectivity index is 3.16. The number of rotatable bonds is 3. The Hall–Kier alpha value is -1.36. The average molecular weight is 169 g/mol. The van der Waals surface area contributed by atoms with Gasteiger partial charge in [-0.15, -0.1) is 0 Å². The SMILES string of the molecule is CCn1ncc(CN)c1C(=O)O. The van der Waals surface area contributed by atoms with E-state index in [4.69, 9.17) is 10.8 Å². The number of aromatic carboxylic acids is 1. The Morgan fingerprint density at radius 3 is 2.92 bits per heavy atom. The molecule has 0 amide bonds. The van der Waals surface area contributed by atoms with Gasteiger partial charge >= 0.3 is 5.97 Å². The summed E-state index contributed by atoms with van der Waals surface area (Å²) in [6.45, 7) is 2.59. The number of carboxylic acid groups (broad SMARTS) is 1. The van der Waals surface area contributed by atoms with Gasteiger partial charge in [0.1, 0.15) is 0 Å². The number of carbonyl (C=O) groups is 1. The van der Waals surface area contributed by atoms with Crippen LogP contribution in [0.15, 0.2) is 6.20 Å². The van der Waals surface area contributed by atoms with Gasteiger partial charge in [-0.25, -0.2) is 4.79 Å². The number of aryl methyl sites for hydroxylation is 1. The third-order valence-electron chi connectivity index (χ3n) is 1.64. The summed E-state index contributed by atoms with van der Waals surface area (Å²) in [6, 6.07) is 0. The summed E-state index contributed by atoms with van der Waals surface area (Å²) in [4.78, 5) is 10.7. The van der Waals surface area contributed by atoms with Gasteiger partial charge in [-0.2, -0.15) is 5.10 Å². The summed E-state index contributed by atoms with van der Waals surface area (Å²) < 4.78 is 1.42. The first kappa shape index (κ1) is 8.73. The van der Waals surface area contributed by atoms with Gasteiger partial charge in [0.15, 0.2) is 5.69 Å². The summed E-state index contributed by atoms with van der Waals surface area (Å²) in [6.07, 6.45) is 1.49. The first-order chi connectivity index (χ1) is 5.70. The second-order valence-electron chi connectivity index (χ2n) is 2.34. The minimum atomic E-state index is -0.977. The van der Waals surface area contributed by atoms with Crippen LogP contribution in [0, 0.1) is 0 Å². The van der Waals surface area contributed by atoms with E-state index in [1.807, 2.05) is 6.92 Å². The zero-order valence-corrected chi connectivity index (χ0v) is 6.82. The summed E-state index contributed by atoms with van der Waals surface area (Å²) in [5, 5.41) is 12.7. The number of carboxylic acids is 1. The van der Waals surface area contributed by atoms with Crippen molar-refractivity contribution in [1.29, 1.82) is 0 Å². The smallest absolute Gasteiger partial charge is 0.354 e. The zero-order chi connectivity index (χ0) is 9.14. The molecule has 1 heterocycles. The highest BCUT2D eigenvalue weighted by Crippen LogP contribution is 2.07. The maximum atomic E-state index is 10.7. The first-order valence-electron chi connectivity index (χ1n) is 3.68. The normalized spacial score (nSPS) is 10.2. The van der Waals surface area contributed by atoms with Gasteiger partial charge in [-0.05, 0) is 6.92 Å². The van der Waals surface area contributed by atoms with E-state index < -0.39 is 5.97 Å². The average Bonchev–Trinajstić information content (AvgIpc) is 2.46. The van der Waals surface area contributed by atoms with Gasteiger partial charge in [0, 0.05) is 18.7 Å². The minimum absolute atomic E-state index is 0.194. The standard InChI is InChI=1S/C7H11N3O2/c1-2-10-6(7(11)12)5(3-8)4-9-10/h4H,2-3,8H2,1H3,(H,11,12). The summed E-state index contributed by atoms with van der Waals surface area (Å²) in [5.74, 6) is -0.977. The van der Waals surface area contributed by atoms with Crippen molar-refractivity contribution in [3.05, 3.63) is 17.5 Å². The van der Waals surface area contributed by atoms with Crippen molar-refractivity contribution in [1.82, 2.24) is 9.78 Å². The number of nitrogens with two attached hydrogens (primary N) is 1. The van der Waals surface area contributed by atoms with Crippen molar-refractivity contribution in [2.24, 2.45) is 5.73 Å². The summed E-state index contributed by atoms with van der Waals surface area (Å²) in [7, 11) is 0. The van der Waals surface area contributed by atoms with Crippen LogP contribution < -0.4 is 5.73 Å². The van der Waals surface area contributed by atoms with Crippen LogP contribution in [0.5, 0.6) is 0 Å². The van der Waals surface area contributed by atoms with Crippen molar-refractivity contribution in [2.75, 3.05) is 0 Å². The Morgan fingerprint density at radius 1 is 1.83 bits per heavy atom. The largest absolute Gasteiger partial charge is 0.477 e. The lowest BCUT2D eigenvalue weighted by Crippen LogP contribution is -2.12. The molecule has 1 aromatic heterocycles. The van der Waals surface area contributed by atoms with E-state index in [1.54, 1.807) is 0 Å². The molecule has 0 aliphatic carbocycles. The molecule has 1 aromatic rings. The molecule has 3 N–H and O–H groups in total. The molecule has 0 spiro atoms. The number of hydrogen-bond donors (Lipinski definition) is 2. The van der Waals surface area contributed by atoms with Gasteiger partial charge in [0.25, 0.3) is 0 Å². The van der Waals surface area contributed by atoms with Crippen LogP contribution in [0.4, 0.5) is 0 Å². The van der Waals surface area contributed by atoms with Crippen LogP contribution in [0.3, 0.4) is 0 Å². The maximum Gasteiger partial charge on any atom is 0.354 e. The van der Waals surface area contributed by atoms with Crippen LogP contribution in [-0.4, -0.2) is 20.9 Å². The van der Waals surface area contributed by atoms with Crippen LogP contribution in [0.2, 0.25) is 0 Å². The fourth-order valence-electron chi connectivity index (χ4n) is 1.06. The molecule has 5 nitrogen and oxygen atoms in total. The van der Waals surface area contributed by atoms with Gasteiger partial charge in [0.2, 0.25) is 0 Å². The van der Waals surface area contributed by atoms with E-state index in [-0.39, 0.29) is 12.2 Å². The molecule has 5 heteroatoms. The minimum Gasteiger partial charge on any atom is -0.477 e. The lowest BCUT2D eigenvalue weighted by molar-refractivity contribution is 0.0682. The lowest BCUT2D eigenvalue weighted by atomic mass is 10.2. The molecule has 0 aliphatic rings. The molecular weight excluding hydrogens is 158 g/mol. The summed E-state index contributed by atoms with van der Waals surface area (Å²) in [5.41, 5.74) is 6.11. The molecule has 66 valence electrons. The quantitative estimate of drug-likeness (QED) is 0.670. The third kappa shape index (κ3) is 1.31. The molecule has 0 atom stereocenters. The number of nitrogens with zero attached hydrogens (tertiary/aromatic N) is 2. The molecule has 0 saturated heterocycles. The lowest BCUT2D eigenvalue weighted by Gasteiger charge is -2.00. The first-order valence-corrected chi connectivity index (χ1v) is 3.68. The van der Waals surface area contributed by atoms with Gasteiger partial charge < -0.3 is 10.8 Å². The second-order valence-corrected chi connectivity index (χ2v) is 2.34. The van der Waals surface area contributed by atoms with E-state index in [0.717, 1.165) is 0 Å². The highest BCUT2D eigenvalue weighted by atomic mass is 16.4. The van der Waals surface area contributed by atoms with E-state index in [1.165, 1.54) is 10.9 Å². The molecule has 0 fully saturated rings. The summed E-state index contributed by atoms with van der Waals surface area (Å²) >= 11 is 0. The molecule has 12 heavy (non-hydrogen) atoms. The highest BCUT2D eigenvalue weighted by Gasteiger charge is 2.14. The molecule has 0 aliphatic heterocycles. The Kier molecular flexibility index (Phi) is 2.44.